The van der Waals surface area contributed by atoms with Crippen LogP contribution in [0, 0.1) is 11.8 Å². The normalized spacial score (nSPS) is 12.8. The number of fused-ring (bicyclic) bond motifs is 1. The first-order valence-corrected chi connectivity index (χ1v) is 4.85. The SMILES string of the molecule is CNCC#Cc1ccc2c(c1)C(=O)NC2=O. The summed E-state index contributed by atoms with van der Waals surface area (Å²) in [4.78, 5) is 22.6. The summed E-state index contributed by atoms with van der Waals surface area (Å²) in [6, 6.07) is 5.00. The summed E-state index contributed by atoms with van der Waals surface area (Å²) in [6.45, 7) is 0.586. The lowest BCUT2D eigenvalue weighted by molar-refractivity contribution is 0.0879. The van der Waals surface area contributed by atoms with Crippen LogP contribution in [-0.2, 0) is 0 Å². The average molecular weight is 214 g/mol. The molecule has 0 fully saturated rings. The summed E-state index contributed by atoms with van der Waals surface area (Å²) in [5, 5.41) is 5.14. The molecule has 0 aliphatic carbocycles. The van der Waals surface area contributed by atoms with E-state index in [1.54, 1.807) is 18.2 Å². The molecule has 0 unspecified atom stereocenters. The maximum Gasteiger partial charge on any atom is 0.258 e. The maximum atomic E-state index is 11.4. The summed E-state index contributed by atoms with van der Waals surface area (Å²) in [5.41, 5.74) is 1.56. The fourth-order valence-electron chi connectivity index (χ4n) is 1.48. The highest BCUT2D eigenvalue weighted by molar-refractivity contribution is 6.21. The quantitative estimate of drug-likeness (QED) is 0.516. The molecule has 1 aromatic rings. The third kappa shape index (κ3) is 1.81. The Hall–Kier alpha value is -2.12. The van der Waals surface area contributed by atoms with Gasteiger partial charge in [0, 0.05) is 5.56 Å². The summed E-state index contributed by atoms with van der Waals surface area (Å²) >= 11 is 0. The molecule has 0 saturated heterocycles. The fraction of sp³-hybridized carbons (Fsp3) is 0.167. The van der Waals surface area contributed by atoms with Gasteiger partial charge in [0.05, 0.1) is 17.7 Å². The molecule has 0 bridgehead atoms. The summed E-state index contributed by atoms with van der Waals surface area (Å²) in [6.07, 6.45) is 0. The highest BCUT2D eigenvalue weighted by atomic mass is 16.2. The second-order valence-electron chi connectivity index (χ2n) is 3.38. The third-order valence-corrected chi connectivity index (χ3v) is 2.23. The number of hydrogen-bond acceptors (Lipinski definition) is 3. The zero-order valence-electron chi connectivity index (χ0n) is 8.76. The van der Waals surface area contributed by atoms with Crippen molar-refractivity contribution in [3.8, 4) is 11.8 Å². The minimum atomic E-state index is -0.350. The first kappa shape index (κ1) is 10.4. The first-order chi connectivity index (χ1) is 7.72. The molecule has 1 heterocycles. The molecule has 1 aliphatic heterocycles. The van der Waals surface area contributed by atoms with Gasteiger partial charge >= 0.3 is 0 Å². The lowest BCUT2D eigenvalue weighted by Crippen LogP contribution is -2.19. The van der Waals surface area contributed by atoms with Crippen molar-refractivity contribution in [3.63, 3.8) is 0 Å². The number of benzene rings is 1. The van der Waals surface area contributed by atoms with Crippen LogP contribution in [0.4, 0.5) is 0 Å². The molecule has 0 radical (unpaired) electrons. The van der Waals surface area contributed by atoms with Crippen molar-refractivity contribution in [2.24, 2.45) is 0 Å². The molecule has 2 amide bonds. The van der Waals surface area contributed by atoms with Crippen molar-refractivity contribution in [2.75, 3.05) is 13.6 Å². The first-order valence-electron chi connectivity index (χ1n) is 4.85. The van der Waals surface area contributed by atoms with Gasteiger partial charge in [0.15, 0.2) is 0 Å². The van der Waals surface area contributed by atoms with Gasteiger partial charge in [-0.3, -0.25) is 14.9 Å². The van der Waals surface area contributed by atoms with Crippen molar-refractivity contribution in [1.82, 2.24) is 10.6 Å². The predicted molar refractivity (Wildman–Crippen MR) is 59.0 cm³/mol. The Morgan fingerprint density at radius 2 is 2.00 bits per heavy atom. The van der Waals surface area contributed by atoms with Crippen molar-refractivity contribution >= 4 is 11.8 Å². The van der Waals surface area contributed by atoms with Crippen LogP contribution in [0.15, 0.2) is 18.2 Å². The Kier molecular flexibility index (Phi) is 2.71. The number of imide groups is 1. The summed E-state index contributed by atoms with van der Waals surface area (Å²) in [5.74, 6) is 5.11. The Morgan fingerprint density at radius 1 is 1.25 bits per heavy atom. The van der Waals surface area contributed by atoms with Gasteiger partial charge in [-0.2, -0.15) is 0 Å². The summed E-state index contributed by atoms with van der Waals surface area (Å²) in [7, 11) is 1.81. The van der Waals surface area contributed by atoms with E-state index in [9.17, 15) is 9.59 Å². The van der Waals surface area contributed by atoms with Gasteiger partial charge in [-0.15, -0.1) is 0 Å². The van der Waals surface area contributed by atoms with Gasteiger partial charge < -0.3 is 5.32 Å². The number of hydrogen-bond donors (Lipinski definition) is 2. The highest BCUT2D eigenvalue weighted by Gasteiger charge is 2.26. The van der Waals surface area contributed by atoms with Crippen LogP contribution in [0.2, 0.25) is 0 Å². The second-order valence-corrected chi connectivity index (χ2v) is 3.38. The zero-order valence-corrected chi connectivity index (χ0v) is 8.76. The van der Waals surface area contributed by atoms with E-state index in [4.69, 9.17) is 0 Å². The van der Waals surface area contributed by atoms with Crippen LogP contribution < -0.4 is 10.6 Å². The van der Waals surface area contributed by atoms with Crippen LogP contribution in [0.3, 0.4) is 0 Å². The molecule has 2 N–H and O–H groups in total. The number of rotatable bonds is 1. The van der Waals surface area contributed by atoms with E-state index < -0.39 is 0 Å². The molecule has 4 heteroatoms. The number of amides is 2. The van der Waals surface area contributed by atoms with E-state index in [2.05, 4.69) is 22.5 Å². The minimum absolute atomic E-state index is 0.338. The standard InChI is InChI=1S/C12H10N2O2/c1-13-6-2-3-8-4-5-9-10(7-8)12(16)14-11(9)15/h4-5,7,13H,6H2,1H3,(H,14,15,16). The second kappa shape index (κ2) is 4.17. The molecule has 16 heavy (non-hydrogen) atoms. The van der Waals surface area contributed by atoms with Crippen LogP contribution in [0.5, 0.6) is 0 Å². The lowest BCUT2D eigenvalue weighted by atomic mass is 10.1. The third-order valence-electron chi connectivity index (χ3n) is 2.23. The molecule has 4 nitrogen and oxygen atoms in total. The molecule has 0 atom stereocenters. The van der Waals surface area contributed by atoms with Crippen LogP contribution in [-0.4, -0.2) is 25.4 Å². The Morgan fingerprint density at radius 3 is 2.75 bits per heavy atom. The van der Waals surface area contributed by atoms with Crippen molar-refractivity contribution < 1.29 is 9.59 Å². The molecule has 1 aromatic carbocycles. The van der Waals surface area contributed by atoms with Crippen LogP contribution >= 0.6 is 0 Å². The highest BCUT2D eigenvalue weighted by Crippen LogP contribution is 2.16. The van der Waals surface area contributed by atoms with Crippen molar-refractivity contribution in [3.05, 3.63) is 34.9 Å². The summed E-state index contributed by atoms with van der Waals surface area (Å²) < 4.78 is 0. The zero-order chi connectivity index (χ0) is 11.5. The largest absolute Gasteiger partial charge is 0.309 e. The molecule has 80 valence electrons. The maximum absolute atomic E-state index is 11.4. The number of carbonyl (C=O) groups is 2. The molecule has 0 spiro atoms. The molecule has 2 rings (SSSR count). The van der Waals surface area contributed by atoms with Crippen LogP contribution in [0.25, 0.3) is 0 Å². The van der Waals surface area contributed by atoms with E-state index in [0.717, 1.165) is 5.56 Å². The van der Waals surface area contributed by atoms with Crippen molar-refractivity contribution in [2.45, 2.75) is 0 Å². The fourth-order valence-corrected chi connectivity index (χ4v) is 1.48. The van der Waals surface area contributed by atoms with Gasteiger partial charge in [-0.05, 0) is 25.2 Å². The monoisotopic (exact) mass is 214 g/mol. The number of carbonyl (C=O) groups excluding carboxylic acids is 2. The number of nitrogens with one attached hydrogen (secondary N) is 2. The smallest absolute Gasteiger partial charge is 0.258 e. The predicted octanol–water partition coefficient (Wildman–Crippen LogP) is 0.141. The minimum Gasteiger partial charge on any atom is -0.309 e. The average Bonchev–Trinajstić information content (AvgIpc) is 2.55. The Labute approximate surface area is 93.0 Å². The van der Waals surface area contributed by atoms with E-state index in [1.807, 2.05) is 7.05 Å². The van der Waals surface area contributed by atoms with Gasteiger partial charge in [0.25, 0.3) is 11.8 Å². The Balaban J connectivity index is 2.34. The van der Waals surface area contributed by atoms with Gasteiger partial charge in [-0.25, -0.2) is 0 Å². The molecule has 0 saturated carbocycles. The van der Waals surface area contributed by atoms with E-state index >= 15 is 0 Å². The van der Waals surface area contributed by atoms with Gasteiger partial charge in [0.2, 0.25) is 0 Å². The molecular formula is C12H10N2O2. The topological polar surface area (TPSA) is 58.2 Å². The van der Waals surface area contributed by atoms with E-state index in [0.29, 0.717) is 17.7 Å². The Bertz CT molecular complexity index is 524. The van der Waals surface area contributed by atoms with Crippen LogP contribution in [0.1, 0.15) is 26.3 Å². The van der Waals surface area contributed by atoms with E-state index in [-0.39, 0.29) is 11.8 Å². The van der Waals surface area contributed by atoms with Gasteiger partial charge in [-0.1, -0.05) is 11.8 Å². The lowest BCUT2D eigenvalue weighted by Gasteiger charge is -1.94. The molecule has 1 aliphatic rings. The molecular weight excluding hydrogens is 204 g/mol. The van der Waals surface area contributed by atoms with Gasteiger partial charge in [0.1, 0.15) is 0 Å². The molecule has 0 aromatic heterocycles. The van der Waals surface area contributed by atoms with Crippen molar-refractivity contribution in [1.29, 1.82) is 0 Å². The van der Waals surface area contributed by atoms with E-state index in [1.165, 1.54) is 0 Å².